The molecule has 2 aliphatic rings. The summed E-state index contributed by atoms with van der Waals surface area (Å²) in [6.07, 6.45) is 9.54. The molecule has 6 nitrogen and oxygen atoms in total. The summed E-state index contributed by atoms with van der Waals surface area (Å²) in [7, 11) is 0. The Bertz CT molecular complexity index is 1030. The number of carbonyl (C=O) groups is 1. The molecule has 4 heterocycles. The van der Waals surface area contributed by atoms with Crippen molar-refractivity contribution < 1.29 is 9.90 Å². The fourth-order valence-electron chi connectivity index (χ4n) is 4.33. The molecule has 0 saturated carbocycles. The van der Waals surface area contributed by atoms with Crippen molar-refractivity contribution in [3.63, 3.8) is 0 Å². The van der Waals surface area contributed by atoms with Gasteiger partial charge in [0.15, 0.2) is 5.82 Å². The number of aromatic nitrogens is 3. The number of carboxylic acid groups (broad SMARTS) is 1. The van der Waals surface area contributed by atoms with Crippen molar-refractivity contribution in [3.05, 3.63) is 35.0 Å². The number of hydrogen-bond donors (Lipinski definition) is 1. The molecule has 0 spiro atoms. The van der Waals surface area contributed by atoms with Crippen LogP contribution in [-0.2, 0) is 17.6 Å². The van der Waals surface area contributed by atoms with E-state index >= 15 is 0 Å². The molecule has 0 atom stereocenters. The zero-order valence-corrected chi connectivity index (χ0v) is 16.4. The molecule has 1 aliphatic carbocycles. The number of piperidine rings is 1. The molecule has 1 saturated heterocycles. The predicted octanol–water partition coefficient (Wildman–Crippen LogP) is 3.93. The van der Waals surface area contributed by atoms with Crippen LogP contribution in [0.1, 0.15) is 36.1 Å². The van der Waals surface area contributed by atoms with Crippen LogP contribution >= 0.6 is 11.3 Å². The Morgan fingerprint density at radius 3 is 2.75 bits per heavy atom. The smallest absolute Gasteiger partial charge is 0.306 e. The van der Waals surface area contributed by atoms with Gasteiger partial charge in [-0.25, -0.2) is 9.97 Å². The molecule has 0 bridgehead atoms. The van der Waals surface area contributed by atoms with Gasteiger partial charge in [0.25, 0.3) is 0 Å². The lowest BCUT2D eigenvalue weighted by Crippen LogP contribution is -2.37. The van der Waals surface area contributed by atoms with Crippen molar-refractivity contribution in [3.8, 4) is 11.4 Å². The van der Waals surface area contributed by atoms with Gasteiger partial charge in [-0.2, -0.15) is 0 Å². The van der Waals surface area contributed by atoms with Crippen molar-refractivity contribution >= 4 is 33.3 Å². The summed E-state index contributed by atoms with van der Waals surface area (Å²) in [6.45, 7) is 1.44. The average Bonchev–Trinajstić information content (AvgIpc) is 3.12. The fraction of sp³-hybridized carbons (Fsp3) is 0.429. The molecule has 0 unspecified atom stereocenters. The van der Waals surface area contributed by atoms with E-state index in [9.17, 15) is 9.90 Å². The molecule has 1 fully saturated rings. The van der Waals surface area contributed by atoms with E-state index in [0.29, 0.717) is 18.7 Å². The third-order valence-electron chi connectivity index (χ3n) is 5.86. The molecule has 0 radical (unpaired) electrons. The fourth-order valence-corrected chi connectivity index (χ4v) is 5.59. The van der Waals surface area contributed by atoms with Crippen LogP contribution in [0, 0.1) is 5.92 Å². The molecule has 3 aromatic rings. The maximum absolute atomic E-state index is 11.3. The van der Waals surface area contributed by atoms with Gasteiger partial charge in [-0.15, -0.1) is 11.3 Å². The van der Waals surface area contributed by atoms with E-state index in [-0.39, 0.29) is 5.92 Å². The lowest BCUT2D eigenvalue weighted by Gasteiger charge is -2.32. The second-order valence-corrected chi connectivity index (χ2v) is 8.69. The summed E-state index contributed by atoms with van der Waals surface area (Å²) in [5.41, 5.74) is 2.33. The number of carboxylic acids is 1. The molecule has 5 rings (SSSR count). The van der Waals surface area contributed by atoms with Crippen LogP contribution in [0.3, 0.4) is 0 Å². The van der Waals surface area contributed by atoms with Crippen molar-refractivity contribution in [2.24, 2.45) is 5.92 Å². The Labute approximate surface area is 167 Å². The number of thiophene rings is 1. The maximum Gasteiger partial charge on any atom is 0.306 e. The average molecular weight is 395 g/mol. The monoisotopic (exact) mass is 394 g/mol. The predicted molar refractivity (Wildman–Crippen MR) is 110 cm³/mol. The third-order valence-corrected chi connectivity index (χ3v) is 7.04. The van der Waals surface area contributed by atoms with Crippen LogP contribution in [0.15, 0.2) is 24.5 Å². The second kappa shape index (κ2) is 7.13. The molecule has 1 N–H and O–H groups in total. The highest BCUT2D eigenvalue weighted by atomic mass is 32.1. The summed E-state index contributed by atoms with van der Waals surface area (Å²) in [4.78, 5) is 30.2. The number of aliphatic carboxylic acids is 1. The largest absolute Gasteiger partial charge is 0.481 e. The maximum atomic E-state index is 11.3. The second-order valence-electron chi connectivity index (χ2n) is 7.60. The number of anilines is 1. The third kappa shape index (κ3) is 3.03. The summed E-state index contributed by atoms with van der Waals surface area (Å²) in [5, 5.41) is 10.5. The van der Waals surface area contributed by atoms with Gasteiger partial charge < -0.3 is 10.0 Å². The van der Waals surface area contributed by atoms with E-state index in [4.69, 9.17) is 9.97 Å². The van der Waals surface area contributed by atoms with Crippen LogP contribution in [0.2, 0.25) is 0 Å². The number of aryl methyl sites for hydroxylation is 2. The minimum Gasteiger partial charge on any atom is -0.481 e. The molecule has 0 aromatic carbocycles. The van der Waals surface area contributed by atoms with E-state index in [2.05, 4.69) is 9.88 Å². The number of rotatable bonds is 3. The first kappa shape index (κ1) is 17.6. The first-order valence-corrected chi connectivity index (χ1v) is 10.7. The Morgan fingerprint density at radius 2 is 2.00 bits per heavy atom. The normalized spacial score (nSPS) is 17.6. The van der Waals surface area contributed by atoms with Gasteiger partial charge >= 0.3 is 5.97 Å². The number of hydrogen-bond acceptors (Lipinski definition) is 6. The highest BCUT2D eigenvalue weighted by Gasteiger charge is 2.29. The molecule has 28 heavy (non-hydrogen) atoms. The lowest BCUT2D eigenvalue weighted by atomic mass is 9.95. The van der Waals surface area contributed by atoms with E-state index in [0.717, 1.165) is 42.1 Å². The van der Waals surface area contributed by atoms with Crippen LogP contribution in [0.25, 0.3) is 21.6 Å². The minimum absolute atomic E-state index is 0.247. The molecule has 3 aromatic heterocycles. The van der Waals surface area contributed by atoms with Crippen molar-refractivity contribution in [2.45, 2.75) is 38.5 Å². The van der Waals surface area contributed by atoms with Crippen LogP contribution in [0.4, 0.5) is 5.82 Å². The Balaban J connectivity index is 1.63. The van der Waals surface area contributed by atoms with Crippen molar-refractivity contribution in [2.75, 3.05) is 18.0 Å². The Hall–Kier alpha value is -2.54. The summed E-state index contributed by atoms with van der Waals surface area (Å²) in [6, 6.07) is 3.89. The lowest BCUT2D eigenvalue weighted by molar-refractivity contribution is -0.142. The zero-order chi connectivity index (χ0) is 19.1. The van der Waals surface area contributed by atoms with Gasteiger partial charge in [-0.05, 0) is 56.2 Å². The summed E-state index contributed by atoms with van der Waals surface area (Å²) < 4.78 is 0. The topological polar surface area (TPSA) is 79.2 Å². The molecule has 7 heteroatoms. The van der Waals surface area contributed by atoms with Gasteiger partial charge in [0.05, 0.1) is 11.3 Å². The van der Waals surface area contributed by atoms with Crippen molar-refractivity contribution in [1.82, 2.24) is 15.0 Å². The molecule has 1 aliphatic heterocycles. The van der Waals surface area contributed by atoms with Crippen molar-refractivity contribution in [1.29, 1.82) is 0 Å². The molecule has 144 valence electrons. The minimum atomic E-state index is -0.684. The van der Waals surface area contributed by atoms with Gasteiger partial charge in [0.1, 0.15) is 10.6 Å². The van der Waals surface area contributed by atoms with Gasteiger partial charge in [0, 0.05) is 35.9 Å². The quantitative estimate of drug-likeness (QED) is 0.725. The highest BCUT2D eigenvalue weighted by Crippen LogP contribution is 2.41. The first-order valence-electron chi connectivity index (χ1n) is 9.91. The molecular weight excluding hydrogens is 372 g/mol. The number of nitrogens with zero attached hydrogens (tertiary/aromatic N) is 4. The van der Waals surface area contributed by atoms with Crippen LogP contribution < -0.4 is 4.90 Å². The van der Waals surface area contributed by atoms with Crippen LogP contribution in [-0.4, -0.2) is 39.1 Å². The summed E-state index contributed by atoms with van der Waals surface area (Å²) >= 11 is 1.80. The van der Waals surface area contributed by atoms with Gasteiger partial charge in [-0.1, -0.05) is 0 Å². The van der Waals surface area contributed by atoms with E-state index < -0.39 is 5.97 Å². The highest BCUT2D eigenvalue weighted by molar-refractivity contribution is 7.19. The van der Waals surface area contributed by atoms with Gasteiger partial charge in [0.2, 0.25) is 0 Å². The molecular formula is C21H22N4O2S. The van der Waals surface area contributed by atoms with E-state index in [1.54, 1.807) is 23.7 Å². The van der Waals surface area contributed by atoms with E-state index in [1.165, 1.54) is 28.7 Å². The summed E-state index contributed by atoms with van der Waals surface area (Å²) in [5.74, 6) is 0.751. The zero-order valence-electron chi connectivity index (χ0n) is 15.6. The van der Waals surface area contributed by atoms with Gasteiger partial charge in [-0.3, -0.25) is 9.78 Å². The SMILES string of the molecule is O=C(O)C1CCN(c2nc(-c3cccnc3)nc3sc4c(c23)CCCC4)CC1. The Kier molecular flexibility index (Phi) is 4.47. The number of fused-ring (bicyclic) bond motifs is 3. The standard InChI is InChI=1S/C21H22N4O2S/c26-21(27)13-7-10-25(11-8-13)19-17-15-5-1-2-6-16(15)28-20(17)24-18(23-19)14-4-3-9-22-12-14/h3-4,9,12-13H,1-2,5-8,10-11H2,(H,26,27). The Morgan fingerprint density at radius 1 is 1.18 bits per heavy atom. The first-order chi connectivity index (χ1) is 13.7. The molecule has 0 amide bonds. The van der Waals surface area contributed by atoms with E-state index in [1.807, 2.05) is 12.1 Å². The van der Waals surface area contributed by atoms with Crippen LogP contribution in [0.5, 0.6) is 0 Å². The number of pyridine rings is 1.